The zero-order valence-corrected chi connectivity index (χ0v) is 16.6. The van der Waals surface area contributed by atoms with E-state index >= 15 is 0 Å². The fourth-order valence-electron chi connectivity index (χ4n) is 3.52. The molecule has 0 atom stereocenters. The Bertz CT molecular complexity index is 800. The summed E-state index contributed by atoms with van der Waals surface area (Å²) in [6.07, 6.45) is 3.87. The largest absolute Gasteiger partial charge is 0.495 e. The fourth-order valence-corrected chi connectivity index (χ4v) is 3.75. The lowest BCUT2D eigenvalue weighted by Crippen LogP contribution is -2.39. The third-order valence-corrected chi connectivity index (χ3v) is 5.28. The van der Waals surface area contributed by atoms with Crippen LogP contribution in [0.2, 0.25) is 5.02 Å². The molecule has 1 N–H and O–H groups in total. The van der Waals surface area contributed by atoms with Gasteiger partial charge in [0.2, 0.25) is 5.91 Å². The molecule has 1 aliphatic rings. The highest BCUT2D eigenvalue weighted by molar-refractivity contribution is 6.32. The maximum absolute atomic E-state index is 12.5. The minimum absolute atomic E-state index is 0.0864. The van der Waals surface area contributed by atoms with Gasteiger partial charge in [0.25, 0.3) is 0 Å². The quantitative estimate of drug-likeness (QED) is 0.818. The molecule has 1 aliphatic heterocycles. The molecule has 146 valence electrons. The van der Waals surface area contributed by atoms with E-state index in [4.69, 9.17) is 21.1 Å². The Morgan fingerprint density at radius 3 is 2.56 bits per heavy atom. The van der Waals surface area contributed by atoms with Crippen LogP contribution in [-0.2, 0) is 11.8 Å². The molecule has 3 rings (SSSR count). The Kier molecular flexibility index (Phi) is 6.23. The summed E-state index contributed by atoms with van der Waals surface area (Å²) in [6, 6.07) is 5.39. The molecule has 27 heavy (non-hydrogen) atoms. The van der Waals surface area contributed by atoms with Gasteiger partial charge in [0.1, 0.15) is 11.5 Å². The van der Waals surface area contributed by atoms with Crippen LogP contribution in [-0.4, -0.2) is 54.4 Å². The molecule has 1 aromatic heterocycles. The summed E-state index contributed by atoms with van der Waals surface area (Å²) < 4.78 is 12.5. The van der Waals surface area contributed by atoms with Crippen LogP contribution in [0.25, 0.3) is 0 Å². The van der Waals surface area contributed by atoms with Crippen LogP contribution in [0.3, 0.4) is 0 Å². The number of likely N-dealkylation sites (tertiary alicyclic amines) is 1. The van der Waals surface area contributed by atoms with E-state index in [0.29, 0.717) is 34.7 Å². The Labute approximate surface area is 164 Å². The van der Waals surface area contributed by atoms with Crippen molar-refractivity contribution in [2.45, 2.75) is 18.8 Å². The second-order valence-electron chi connectivity index (χ2n) is 6.67. The smallest absolute Gasteiger partial charge is 0.238 e. The second-order valence-corrected chi connectivity index (χ2v) is 7.07. The number of halogens is 1. The first kappa shape index (κ1) is 19.5. The topological polar surface area (TPSA) is 68.6 Å². The van der Waals surface area contributed by atoms with Crippen LogP contribution in [0.1, 0.15) is 24.5 Å². The first-order chi connectivity index (χ1) is 13.0. The van der Waals surface area contributed by atoms with E-state index in [1.807, 2.05) is 17.9 Å². The van der Waals surface area contributed by atoms with Gasteiger partial charge in [-0.1, -0.05) is 11.6 Å². The Morgan fingerprint density at radius 1 is 1.26 bits per heavy atom. The van der Waals surface area contributed by atoms with Crippen molar-refractivity contribution in [3.8, 4) is 11.5 Å². The lowest BCUT2D eigenvalue weighted by molar-refractivity contribution is -0.117. The van der Waals surface area contributed by atoms with Crippen LogP contribution in [0, 0.1) is 0 Å². The van der Waals surface area contributed by atoms with Gasteiger partial charge in [-0.15, -0.1) is 0 Å². The predicted molar refractivity (Wildman–Crippen MR) is 105 cm³/mol. The minimum atomic E-state index is -0.0864. The number of carbonyl (C=O) groups excluding carboxylic acids is 1. The van der Waals surface area contributed by atoms with Gasteiger partial charge < -0.3 is 14.8 Å². The number of benzene rings is 1. The zero-order chi connectivity index (χ0) is 19.4. The minimum Gasteiger partial charge on any atom is -0.495 e. The summed E-state index contributed by atoms with van der Waals surface area (Å²) >= 11 is 6.11. The Balaban J connectivity index is 1.57. The third kappa shape index (κ3) is 4.54. The molecule has 0 bridgehead atoms. The number of piperidine rings is 1. The number of nitrogens with zero attached hydrogens (tertiary/aromatic N) is 3. The number of hydrogen-bond donors (Lipinski definition) is 1. The molecule has 0 radical (unpaired) electrons. The molecular weight excluding hydrogens is 368 g/mol. The van der Waals surface area contributed by atoms with Crippen molar-refractivity contribution in [1.29, 1.82) is 0 Å². The molecule has 2 aromatic rings. The molecule has 8 heteroatoms. The summed E-state index contributed by atoms with van der Waals surface area (Å²) in [5.74, 6) is 1.41. The number of aryl methyl sites for hydroxylation is 1. The average molecular weight is 393 g/mol. The van der Waals surface area contributed by atoms with Crippen molar-refractivity contribution in [1.82, 2.24) is 14.7 Å². The summed E-state index contributed by atoms with van der Waals surface area (Å²) in [4.78, 5) is 14.7. The van der Waals surface area contributed by atoms with Gasteiger partial charge in [0.05, 0.1) is 31.5 Å². The van der Waals surface area contributed by atoms with Crippen molar-refractivity contribution in [2.24, 2.45) is 7.05 Å². The van der Waals surface area contributed by atoms with Crippen LogP contribution in [0.15, 0.2) is 24.4 Å². The zero-order valence-electron chi connectivity index (χ0n) is 15.9. The summed E-state index contributed by atoms with van der Waals surface area (Å²) in [6.45, 7) is 2.10. The monoisotopic (exact) mass is 392 g/mol. The molecule has 7 nitrogen and oxygen atoms in total. The summed E-state index contributed by atoms with van der Waals surface area (Å²) in [5.41, 5.74) is 1.81. The Morgan fingerprint density at radius 2 is 1.96 bits per heavy atom. The molecule has 0 spiro atoms. The van der Waals surface area contributed by atoms with Crippen LogP contribution < -0.4 is 14.8 Å². The number of ether oxygens (including phenoxy) is 2. The van der Waals surface area contributed by atoms with Gasteiger partial charge >= 0.3 is 0 Å². The first-order valence-electron chi connectivity index (χ1n) is 8.93. The lowest BCUT2D eigenvalue weighted by Gasteiger charge is -2.31. The van der Waals surface area contributed by atoms with E-state index in [1.165, 1.54) is 19.9 Å². The van der Waals surface area contributed by atoms with Crippen LogP contribution in [0.5, 0.6) is 11.5 Å². The molecule has 0 unspecified atom stereocenters. The normalized spacial score (nSPS) is 15.6. The van der Waals surface area contributed by atoms with E-state index in [-0.39, 0.29) is 5.91 Å². The predicted octanol–water partition coefficient (Wildman–Crippen LogP) is 2.91. The van der Waals surface area contributed by atoms with E-state index in [1.54, 1.807) is 12.1 Å². The van der Waals surface area contributed by atoms with Gasteiger partial charge in [-0.25, -0.2) is 0 Å². The molecule has 0 saturated carbocycles. The molecule has 1 saturated heterocycles. The van der Waals surface area contributed by atoms with Crippen molar-refractivity contribution in [2.75, 3.05) is 39.2 Å². The number of rotatable bonds is 6. The maximum Gasteiger partial charge on any atom is 0.238 e. The number of aromatic nitrogens is 2. The van der Waals surface area contributed by atoms with Crippen molar-refractivity contribution < 1.29 is 14.3 Å². The second kappa shape index (κ2) is 8.63. The third-order valence-electron chi connectivity index (χ3n) is 4.98. The van der Waals surface area contributed by atoms with Crippen LogP contribution in [0.4, 0.5) is 5.69 Å². The summed E-state index contributed by atoms with van der Waals surface area (Å²) in [7, 11) is 5.05. The molecule has 1 amide bonds. The van der Waals surface area contributed by atoms with Gasteiger partial charge in [-0.2, -0.15) is 5.10 Å². The highest BCUT2D eigenvalue weighted by atomic mass is 35.5. The molecule has 1 fully saturated rings. The van der Waals surface area contributed by atoms with Gasteiger partial charge in [0.15, 0.2) is 0 Å². The summed E-state index contributed by atoms with van der Waals surface area (Å²) in [5, 5.41) is 7.59. The number of anilines is 1. The lowest BCUT2D eigenvalue weighted by atomic mass is 9.93. The average Bonchev–Trinajstić information content (AvgIpc) is 3.09. The Hall–Kier alpha value is -2.25. The standard InChI is InChI=1S/C19H25ClN4O3/c1-23-16(4-7-21-23)13-5-8-24(9-6-13)12-19(25)22-15-11-17(26-2)14(20)10-18(15)27-3/h4,7,10-11,13H,5-6,8-9,12H2,1-3H3,(H,22,25). The first-order valence-corrected chi connectivity index (χ1v) is 9.31. The molecule has 2 heterocycles. The van der Waals surface area contributed by atoms with Crippen molar-refractivity contribution >= 4 is 23.2 Å². The molecular formula is C19H25ClN4O3. The number of carbonyl (C=O) groups is 1. The maximum atomic E-state index is 12.5. The SMILES string of the molecule is COc1cc(NC(=O)CN2CCC(c3ccnn3C)CC2)c(OC)cc1Cl. The molecule has 0 aliphatic carbocycles. The number of amides is 1. The van der Waals surface area contributed by atoms with Gasteiger partial charge in [-0.05, 0) is 32.0 Å². The van der Waals surface area contributed by atoms with Crippen LogP contribution >= 0.6 is 11.6 Å². The van der Waals surface area contributed by atoms with Gasteiger partial charge in [-0.3, -0.25) is 14.4 Å². The van der Waals surface area contributed by atoms with E-state index < -0.39 is 0 Å². The van der Waals surface area contributed by atoms with E-state index in [2.05, 4.69) is 21.4 Å². The molecule has 1 aromatic carbocycles. The van der Waals surface area contributed by atoms with Crippen molar-refractivity contribution in [3.05, 3.63) is 35.1 Å². The number of nitrogens with one attached hydrogen (secondary N) is 1. The number of methoxy groups -OCH3 is 2. The number of hydrogen-bond acceptors (Lipinski definition) is 5. The van der Waals surface area contributed by atoms with E-state index in [9.17, 15) is 4.79 Å². The van der Waals surface area contributed by atoms with Crippen molar-refractivity contribution in [3.63, 3.8) is 0 Å². The fraction of sp³-hybridized carbons (Fsp3) is 0.474. The highest BCUT2D eigenvalue weighted by Gasteiger charge is 2.24. The highest BCUT2D eigenvalue weighted by Crippen LogP contribution is 2.36. The van der Waals surface area contributed by atoms with Gasteiger partial charge in [0, 0.05) is 37.0 Å². The van der Waals surface area contributed by atoms with E-state index in [0.717, 1.165) is 25.9 Å².